The van der Waals surface area contributed by atoms with Crippen LogP contribution in [-0.2, 0) is 11.8 Å². The molecular formula is C19H16O6. The average molecular weight is 340 g/mol. The van der Waals surface area contributed by atoms with Crippen molar-refractivity contribution in [1.29, 1.82) is 0 Å². The SMILES string of the molecule is CC12c3ccc4c(c3C(=O)c3occ(c31)C(O)C(O)C2O)CCC4=O. The number of rotatable bonds is 0. The molecule has 4 atom stereocenters. The number of hydrogen-bond donors (Lipinski definition) is 3. The molecule has 0 radical (unpaired) electrons. The molecule has 1 aromatic heterocycles. The van der Waals surface area contributed by atoms with Gasteiger partial charge in [0.25, 0.3) is 0 Å². The van der Waals surface area contributed by atoms with E-state index in [1.54, 1.807) is 19.1 Å². The molecule has 4 unspecified atom stereocenters. The topological polar surface area (TPSA) is 108 Å². The second-order valence-electron chi connectivity index (χ2n) is 7.24. The van der Waals surface area contributed by atoms with Gasteiger partial charge in [0.15, 0.2) is 11.5 Å². The zero-order chi connectivity index (χ0) is 17.7. The molecule has 0 saturated heterocycles. The van der Waals surface area contributed by atoms with Crippen molar-refractivity contribution in [3.05, 3.63) is 57.5 Å². The first-order chi connectivity index (χ1) is 11.9. The number of aliphatic hydroxyl groups excluding tert-OH is 3. The Hall–Kier alpha value is -2.28. The molecule has 0 bridgehead atoms. The third kappa shape index (κ3) is 1.51. The predicted octanol–water partition coefficient (Wildman–Crippen LogP) is 1.03. The second-order valence-corrected chi connectivity index (χ2v) is 7.24. The summed E-state index contributed by atoms with van der Waals surface area (Å²) in [5, 5.41) is 31.4. The quantitative estimate of drug-likeness (QED) is 0.661. The number of aliphatic hydroxyl groups is 3. The fraction of sp³-hybridized carbons (Fsp3) is 0.368. The van der Waals surface area contributed by atoms with Gasteiger partial charge in [0.1, 0.15) is 12.2 Å². The van der Waals surface area contributed by atoms with Gasteiger partial charge in [-0.2, -0.15) is 0 Å². The Balaban J connectivity index is 1.89. The minimum Gasteiger partial charge on any atom is -0.460 e. The molecule has 2 aromatic rings. The molecular weight excluding hydrogens is 324 g/mol. The Bertz CT molecular complexity index is 971. The fourth-order valence-corrected chi connectivity index (χ4v) is 4.78. The molecule has 0 saturated carbocycles. The summed E-state index contributed by atoms with van der Waals surface area (Å²) in [5.41, 5.74) is 1.84. The van der Waals surface area contributed by atoms with Gasteiger partial charge in [-0.25, -0.2) is 0 Å². The lowest BCUT2D eigenvalue weighted by atomic mass is 9.59. The Kier molecular flexibility index (Phi) is 2.68. The van der Waals surface area contributed by atoms with Crippen LogP contribution in [0, 0.1) is 0 Å². The first-order valence-corrected chi connectivity index (χ1v) is 8.27. The van der Waals surface area contributed by atoms with Crippen molar-refractivity contribution in [2.45, 2.75) is 43.5 Å². The van der Waals surface area contributed by atoms with Crippen molar-refractivity contribution >= 4 is 11.6 Å². The van der Waals surface area contributed by atoms with Gasteiger partial charge in [0.05, 0.1) is 17.8 Å². The summed E-state index contributed by atoms with van der Waals surface area (Å²) in [6, 6.07) is 3.37. The van der Waals surface area contributed by atoms with E-state index >= 15 is 0 Å². The van der Waals surface area contributed by atoms with Gasteiger partial charge < -0.3 is 19.7 Å². The molecule has 0 aliphatic heterocycles. The van der Waals surface area contributed by atoms with E-state index in [0.717, 1.165) is 0 Å². The molecule has 5 rings (SSSR count). The molecule has 1 heterocycles. The number of ketones is 2. The lowest BCUT2D eigenvalue weighted by Crippen LogP contribution is -2.54. The standard InChI is InChI=1S/C19H16O6/c1-19-10-4-2-7-8(3-5-11(7)20)12(10)15(22)17-13(19)9(6-25-17)14(21)16(23)18(19)24/h2,4,6,14,16,18,21,23-24H,3,5H2,1H3. The summed E-state index contributed by atoms with van der Waals surface area (Å²) < 4.78 is 5.46. The lowest BCUT2D eigenvalue weighted by molar-refractivity contribution is -0.0932. The van der Waals surface area contributed by atoms with Crippen LogP contribution in [0.5, 0.6) is 0 Å². The van der Waals surface area contributed by atoms with E-state index in [4.69, 9.17) is 4.42 Å². The summed E-state index contributed by atoms with van der Waals surface area (Å²) in [6.07, 6.45) is -1.93. The van der Waals surface area contributed by atoms with Crippen LogP contribution in [0.4, 0.5) is 0 Å². The first kappa shape index (κ1) is 15.0. The van der Waals surface area contributed by atoms with Gasteiger partial charge >= 0.3 is 0 Å². The fourth-order valence-electron chi connectivity index (χ4n) is 4.78. The van der Waals surface area contributed by atoms with Crippen LogP contribution in [0.15, 0.2) is 22.8 Å². The predicted molar refractivity (Wildman–Crippen MR) is 84.7 cm³/mol. The molecule has 6 heteroatoms. The van der Waals surface area contributed by atoms with E-state index in [1.807, 2.05) is 0 Å². The van der Waals surface area contributed by atoms with Crippen LogP contribution in [0.25, 0.3) is 0 Å². The third-order valence-corrected chi connectivity index (χ3v) is 6.10. The third-order valence-electron chi connectivity index (χ3n) is 6.10. The van der Waals surface area contributed by atoms with Crippen LogP contribution in [0.2, 0.25) is 0 Å². The van der Waals surface area contributed by atoms with Crippen LogP contribution in [-0.4, -0.2) is 39.1 Å². The van der Waals surface area contributed by atoms with Crippen molar-refractivity contribution in [3.8, 4) is 0 Å². The van der Waals surface area contributed by atoms with E-state index in [-0.39, 0.29) is 17.3 Å². The Labute approximate surface area is 142 Å². The van der Waals surface area contributed by atoms with Gasteiger partial charge in [-0.05, 0) is 24.5 Å². The van der Waals surface area contributed by atoms with Crippen LogP contribution >= 0.6 is 0 Å². The number of carbonyl (C=O) groups is 2. The summed E-state index contributed by atoms with van der Waals surface area (Å²) in [6.45, 7) is 1.74. The number of carbonyl (C=O) groups excluding carboxylic acids is 2. The van der Waals surface area contributed by atoms with Gasteiger partial charge in [-0.1, -0.05) is 12.1 Å². The zero-order valence-electron chi connectivity index (χ0n) is 13.4. The summed E-state index contributed by atoms with van der Waals surface area (Å²) in [7, 11) is 0. The zero-order valence-corrected chi connectivity index (χ0v) is 13.4. The highest BCUT2D eigenvalue weighted by Crippen LogP contribution is 2.53. The van der Waals surface area contributed by atoms with Gasteiger partial charge in [-0.15, -0.1) is 0 Å². The number of Topliss-reactive ketones (excluding diaryl/α,β-unsaturated/α-hetero) is 1. The maximum absolute atomic E-state index is 13.1. The van der Waals surface area contributed by atoms with Gasteiger partial charge in [-0.3, -0.25) is 9.59 Å². The summed E-state index contributed by atoms with van der Waals surface area (Å²) in [5.74, 6) is -0.264. The first-order valence-electron chi connectivity index (χ1n) is 8.27. The number of hydrogen-bond acceptors (Lipinski definition) is 6. The largest absolute Gasteiger partial charge is 0.460 e. The van der Waals surface area contributed by atoms with Gasteiger partial charge in [0.2, 0.25) is 5.78 Å². The molecule has 3 N–H and O–H groups in total. The van der Waals surface area contributed by atoms with E-state index in [9.17, 15) is 24.9 Å². The Morgan fingerprint density at radius 2 is 1.92 bits per heavy atom. The molecule has 128 valence electrons. The van der Waals surface area contributed by atoms with E-state index < -0.39 is 23.7 Å². The molecule has 0 amide bonds. The highest BCUT2D eigenvalue weighted by atomic mass is 16.4. The van der Waals surface area contributed by atoms with Crippen molar-refractivity contribution in [1.82, 2.24) is 0 Å². The lowest BCUT2D eigenvalue weighted by Gasteiger charge is -2.46. The van der Waals surface area contributed by atoms with Crippen LogP contribution < -0.4 is 0 Å². The van der Waals surface area contributed by atoms with E-state index in [2.05, 4.69) is 0 Å². The van der Waals surface area contributed by atoms with E-state index in [0.29, 0.717) is 46.2 Å². The number of furan rings is 1. The number of benzene rings is 1. The minimum atomic E-state index is -1.40. The highest BCUT2D eigenvalue weighted by Gasteiger charge is 2.57. The van der Waals surface area contributed by atoms with Crippen LogP contribution in [0.3, 0.4) is 0 Å². The maximum atomic E-state index is 13.1. The normalized spacial score (nSPS) is 32.4. The molecule has 0 spiro atoms. The molecule has 25 heavy (non-hydrogen) atoms. The van der Waals surface area contributed by atoms with Gasteiger partial charge in [0, 0.05) is 28.7 Å². The summed E-state index contributed by atoms with van der Waals surface area (Å²) in [4.78, 5) is 25.1. The molecule has 3 aliphatic rings. The molecule has 3 aliphatic carbocycles. The highest BCUT2D eigenvalue weighted by molar-refractivity contribution is 6.15. The Morgan fingerprint density at radius 1 is 1.16 bits per heavy atom. The summed E-state index contributed by atoms with van der Waals surface area (Å²) >= 11 is 0. The van der Waals surface area contributed by atoms with Crippen molar-refractivity contribution < 1.29 is 29.3 Å². The number of fused-ring (bicyclic) bond motifs is 4. The minimum absolute atomic E-state index is 0.00123. The molecule has 0 fully saturated rings. The van der Waals surface area contributed by atoms with Crippen LogP contribution in [0.1, 0.15) is 68.2 Å². The Morgan fingerprint density at radius 3 is 2.68 bits per heavy atom. The molecule has 6 nitrogen and oxygen atoms in total. The van der Waals surface area contributed by atoms with Crippen molar-refractivity contribution in [2.24, 2.45) is 0 Å². The van der Waals surface area contributed by atoms with E-state index in [1.165, 1.54) is 6.26 Å². The van der Waals surface area contributed by atoms with Crippen molar-refractivity contribution in [2.75, 3.05) is 0 Å². The second kappa shape index (κ2) is 4.46. The average Bonchev–Trinajstić information content (AvgIpc) is 3.21. The molecule has 1 aromatic carbocycles. The monoisotopic (exact) mass is 340 g/mol. The maximum Gasteiger partial charge on any atom is 0.229 e. The smallest absolute Gasteiger partial charge is 0.229 e. The van der Waals surface area contributed by atoms with Crippen molar-refractivity contribution in [3.63, 3.8) is 0 Å².